The number of hydrogen-bond donors (Lipinski definition) is 3. The van der Waals surface area contributed by atoms with Gasteiger partial charge in [0.05, 0.1) is 11.2 Å². The van der Waals surface area contributed by atoms with Crippen molar-refractivity contribution in [2.24, 2.45) is 0 Å². The first-order chi connectivity index (χ1) is 7.16. The zero-order chi connectivity index (χ0) is 10.8. The lowest BCUT2D eigenvalue weighted by molar-refractivity contribution is 0.583. The number of nitrogens with two attached hydrogens (primary N) is 1. The van der Waals surface area contributed by atoms with Crippen molar-refractivity contribution >= 4 is 16.6 Å². The third-order valence-corrected chi connectivity index (χ3v) is 2.44. The molecule has 4 N–H and O–H groups in total. The molecule has 80 valence electrons. The molecule has 1 heterocycles. The van der Waals surface area contributed by atoms with Gasteiger partial charge in [0.15, 0.2) is 0 Å². The molecule has 0 spiro atoms. The molecule has 15 heavy (non-hydrogen) atoms. The molecule has 2 aromatic rings. The van der Waals surface area contributed by atoms with Gasteiger partial charge in [0.25, 0.3) is 0 Å². The molecule has 0 amide bonds. The van der Waals surface area contributed by atoms with Crippen LogP contribution in [0.4, 0.5) is 5.69 Å². The molecule has 2 rings (SSSR count). The molecule has 0 saturated carbocycles. The van der Waals surface area contributed by atoms with Crippen molar-refractivity contribution in [1.82, 2.24) is 10.3 Å². The molecule has 3 nitrogen and oxygen atoms in total. The predicted octanol–water partition coefficient (Wildman–Crippen LogP) is 2.25. The van der Waals surface area contributed by atoms with E-state index in [0.717, 1.165) is 17.7 Å². The van der Waals surface area contributed by atoms with Gasteiger partial charge in [0.2, 0.25) is 0 Å². The molecule has 1 aromatic carbocycles. The van der Waals surface area contributed by atoms with Crippen molar-refractivity contribution < 1.29 is 0 Å². The first-order valence-corrected chi connectivity index (χ1v) is 5.26. The highest BCUT2D eigenvalue weighted by Crippen LogP contribution is 2.20. The minimum atomic E-state index is 0.494. The molecule has 0 aliphatic heterocycles. The maximum Gasteiger partial charge on any atom is 0.0690 e. The van der Waals surface area contributed by atoms with Crippen LogP contribution in [0.1, 0.15) is 19.5 Å². The summed E-state index contributed by atoms with van der Waals surface area (Å²) >= 11 is 0. The third-order valence-electron chi connectivity index (χ3n) is 2.44. The number of aromatic nitrogens is 1. The summed E-state index contributed by atoms with van der Waals surface area (Å²) in [6.45, 7) is 5.12. The van der Waals surface area contributed by atoms with Crippen LogP contribution in [0.25, 0.3) is 10.9 Å². The molecule has 1 aromatic heterocycles. The zero-order valence-electron chi connectivity index (χ0n) is 9.17. The van der Waals surface area contributed by atoms with E-state index in [9.17, 15) is 0 Å². The Morgan fingerprint density at radius 2 is 2.20 bits per heavy atom. The predicted molar refractivity (Wildman–Crippen MR) is 64.7 cm³/mol. The largest absolute Gasteiger partial charge is 0.397 e. The van der Waals surface area contributed by atoms with Crippen LogP contribution in [0.2, 0.25) is 0 Å². The second kappa shape index (κ2) is 3.95. The summed E-state index contributed by atoms with van der Waals surface area (Å²) in [5.41, 5.74) is 8.90. The quantitative estimate of drug-likeness (QED) is 0.670. The Morgan fingerprint density at radius 3 is 2.87 bits per heavy atom. The van der Waals surface area contributed by atoms with Gasteiger partial charge in [-0.05, 0) is 12.1 Å². The fraction of sp³-hybridized carbons (Fsp3) is 0.333. The molecule has 0 bridgehead atoms. The van der Waals surface area contributed by atoms with Crippen LogP contribution in [0.15, 0.2) is 24.3 Å². The van der Waals surface area contributed by atoms with Crippen LogP contribution in [-0.2, 0) is 6.54 Å². The lowest BCUT2D eigenvalue weighted by Crippen LogP contribution is -2.21. The molecule has 3 heteroatoms. The topological polar surface area (TPSA) is 53.8 Å². The summed E-state index contributed by atoms with van der Waals surface area (Å²) in [6.07, 6.45) is 0. The van der Waals surface area contributed by atoms with Gasteiger partial charge in [0, 0.05) is 23.7 Å². The second-order valence-corrected chi connectivity index (χ2v) is 4.14. The first-order valence-electron chi connectivity index (χ1n) is 5.26. The van der Waals surface area contributed by atoms with Crippen molar-refractivity contribution in [2.45, 2.75) is 26.4 Å². The smallest absolute Gasteiger partial charge is 0.0690 e. The van der Waals surface area contributed by atoms with Crippen molar-refractivity contribution in [2.75, 3.05) is 5.73 Å². The van der Waals surface area contributed by atoms with Gasteiger partial charge in [-0.15, -0.1) is 0 Å². The van der Waals surface area contributed by atoms with E-state index >= 15 is 0 Å². The number of H-pyrrole nitrogens is 1. The van der Waals surface area contributed by atoms with E-state index in [1.807, 2.05) is 12.1 Å². The van der Waals surface area contributed by atoms with Gasteiger partial charge in [-0.1, -0.05) is 26.0 Å². The Bertz CT molecular complexity index is 457. The number of hydrogen-bond acceptors (Lipinski definition) is 2. The lowest BCUT2D eigenvalue weighted by atomic mass is 10.2. The number of nitrogen functional groups attached to an aromatic ring is 1. The average Bonchev–Trinajstić information content (AvgIpc) is 2.59. The Kier molecular flexibility index (Phi) is 2.64. The number of aromatic amines is 1. The normalized spacial score (nSPS) is 11.4. The SMILES string of the molecule is CC(C)NCc1cc2cccc(N)c2[nH]1. The molecule has 0 aliphatic carbocycles. The molecular formula is C12H17N3. The van der Waals surface area contributed by atoms with Crippen molar-refractivity contribution in [1.29, 1.82) is 0 Å². The summed E-state index contributed by atoms with van der Waals surface area (Å²) in [5.74, 6) is 0. The summed E-state index contributed by atoms with van der Waals surface area (Å²) < 4.78 is 0. The van der Waals surface area contributed by atoms with Crippen molar-refractivity contribution in [3.05, 3.63) is 30.0 Å². The maximum absolute atomic E-state index is 5.87. The molecule has 0 aliphatic rings. The van der Waals surface area contributed by atoms with Gasteiger partial charge in [-0.2, -0.15) is 0 Å². The molecule has 0 atom stereocenters. The van der Waals surface area contributed by atoms with Gasteiger partial charge in [-0.25, -0.2) is 0 Å². The van der Waals surface area contributed by atoms with E-state index in [0.29, 0.717) is 6.04 Å². The van der Waals surface area contributed by atoms with Crippen LogP contribution in [0.5, 0.6) is 0 Å². The van der Waals surface area contributed by atoms with Gasteiger partial charge < -0.3 is 16.0 Å². The van der Waals surface area contributed by atoms with E-state index < -0.39 is 0 Å². The Hall–Kier alpha value is -1.48. The fourth-order valence-electron chi connectivity index (χ4n) is 1.65. The van der Waals surface area contributed by atoms with Crippen LogP contribution < -0.4 is 11.1 Å². The highest BCUT2D eigenvalue weighted by Gasteiger charge is 2.03. The third kappa shape index (κ3) is 2.13. The van der Waals surface area contributed by atoms with Crippen LogP contribution in [-0.4, -0.2) is 11.0 Å². The van der Waals surface area contributed by atoms with E-state index in [1.54, 1.807) is 0 Å². The number of fused-ring (bicyclic) bond motifs is 1. The highest BCUT2D eigenvalue weighted by molar-refractivity contribution is 5.90. The fourth-order valence-corrected chi connectivity index (χ4v) is 1.65. The van der Waals surface area contributed by atoms with E-state index in [2.05, 4.69) is 36.3 Å². The highest BCUT2D eigenvalue weighted by atomic mass is 14.9. The standard InChI is InChI=1S/C12H17N3/c1-8(2)14-7-10-6-9-4-3-5-11(13)12(9)15-10/h3-6,8,14-15H,7,13H2,1-2H3. The van der Waals surface area contributed by atoms with E-state index in [4.69, 9.17) is 5.73 Å². The van der Waals surface area contributed by atoms with Gasteiger partial charge in [0.1, 0.15) is 0 Å². The summed E-state index contributed by atoms with van der Waals surface area (Å²) in [5, 5.41) is 4.55. The summed E-state index contributed by atoms with van der Waals surface area (Å²) in [6, 6.07) is 8.60. The Labute approximate surface area is 89.7 Å². The zero-order valence-corrected chi connectivity index (χ0v) is 9.17. The maximum atomic E-state index is 5.87. The summed E-state index contributed by atoms with van der Waals surface area (Å²) in [7, 11) is 0. The number of para-hydroxylation sites is 1. The van der Waals surface area contributed by atoms with Crippen molar-refractivity contribution in [3.63, 3.8) is 0 Å². The molecule has 0 unspecified atom stereocenters. The van der Waals surface area contributed by atoms with E-state index in [1.165, 1.54) is 11.1 Å². The Balaban J connectivity index is 2.27. The number of anilines is 1. The number of benzene rings is 1. The van der Waals surface area contributed by atoms with E-state index in [-0.39, 0.29) is 0 Å². The van der Waals surface area contributed by atoms with Crippen LogP contribution in [0, 0.1) is 0 Å². The lowest BCUT2D eigenvalue weighted by Gasteiger charge is -2.05. The molecule has 0 fully saturated rings. The average molecular weight is 203 g/mol. The van der Waals surface area contributed by atoms with Crippen LogP contribution >= 0.6 is 0 Å². The van der Waals surface area contributed by atoms with Crippen molar-refractivity contribution in [3.8, 4) is 0 Å². The van der Waals surface area contributed by atoms with Crippen LogP contribution in [0.3, 0.4) is 0 Å². The molecule has 0 saturated heterocycles. The molecular weight excluding hydrogens is 186 g/mol. The monoisotopic (exact) mass is 203 g/mol. The Morgan fingerprint density at radius 1 is 1.40 bits per heavy atom. The number of rotatable bonds is 3. The first kappa shape index (κ1) is 10.1. The number of nitrogens with one attached hydrogen (secondary N) is 2. The second-order valence-electron chi connectivity index (χ2n) is 4.14. The minimum absolute atomic E-state index is 0.494. The summed E-state index contributed by atoms with van der Waals surface area (Å²) in [4.78, 5) is 3.33. The molecule has 0 radical (unpaired) electrons. The van der Waals surface area contributed by atoms with Gasteiger partial charge >= 0.3 is 0 Å². The minimum Gasteiger partial charge on any atom is -0.397 e. The van der Waals surface area contributed by atoms with Gasteiger partial charge in [-0.3, -0.25) is 0 Å².